The summed E-state index contributed by atoms with van der Waals surface area (Å²) in [6.45, 7) is 10.5. The first-order valence-corrected chi connectivity index (χ1v) is 7.66. The summed E-state index contributed by atoms with van der Waals surface area (Å²) in [4.78, 5) is 12.3. The first-order valence-electron chi connectivity index (χ1n) is 7.66. The monoisotopic (exact) mass is 322 g/mol. The Balaban J connectivity index is 0.00000400. The Hall–Kier alpha value is -0.360. The van der Waals surface area contributed by atoms with Gasteiger partial charge in [-0.05, 0) is 13.3 Å². The van der Waals surface area contributed by atoms with Crippen LogP contribution in [0.5, 0.6) is 0 Å². The molecule has 1 saturated carbocycles. The van der Waals surface area contributed by atoms with Gasteiger partial charge in [-0.15, -0.1) is 12.4 Å². The zero-order valence-electron chi connectivity index (χ0n) is 13.7. The van der Waals surface area contributed by atoms with Crippen molar-refractivity contribution in [2.75, 3.05) is 26.4 Å². The molecule has 0 radical (unpaired) electrons. The van der Waals surface area contributed by atoms with Gasteiger partial charge >= 0.3 is 0 Å². The second-order valence-corrected chi connectivity index (χ2v) is 6.06. The van der Waals surface area contributed by atoms with E-state index in [2.05, 4.69) is 12.2 Å². The number of halogens is 1. The van der Waals surface area contributed by atoms with Gasteiger partial charge in [0.05, 0.1) is 12.7 Å². The number of unbranched alkanes of at least 4 members (excludes halogenated alkanes) is 1. The number of carbonyl (C=O) groups is 1. The van der Waals surface area contributed by atoms with Crippen molar-refractivity contribution in [1.29, 1.82) is 0 Å². The highest BCUT2D eigenvalue weighted by Gasteiger charge is 2.62. The van der Waals surface area contributed by atoms with Gasteiger partial charge < -0.3 is 20.5 Å². The Morgan fingerprint density at radius 3 is 2.52 bits per heavy atom. The van der Waals surface area contributed by atoms with E-state index in [0.717, 1.165) is 19.4 Å². The minimum Gasteiger partial charge on any atom is -0.380 e. The maximum absolute atomic E-state index is 12.3. The molecule has 0 saturated heterocycles. The molecule has 0 aromatic carbocycles. The predicted molar refractivity (Wildman–Crippen MR) is 86.7 cm³/mol. The van der Waals surface area contributed by atoms with Gasteiger partial charge in [0.2, 0.25) is 5.91 Å². The summed E-state index contributed by atoms with van der Waals surface area (Å²) in [6.07, 6.45) is 2.81. The molecular weight excluding hydrogens is 292 g/mol. The average Bonchev–Trinajstić information content (AvgIpc) is 2.41. The van der Waals surface area contributed by atoms with Crippen LogP contribution in [0, 0.1) is 5.41 Å². The number of carbonyl (C=O) groups excluding carboxylic acids is 1. The predicted octanol–water partition coefficient (Wildman–Crippen LogP) is 1.87. The fraction of sp³-hybridized carbons (Fsp3) is 0.933. The number of hydrogen-bond donors (Lipinski definition) is 2. The molecule has 21 heavy (non-hydrogen) atoms. The van der Waals surface area contributed by atoms with E-state index in [0.29, 0.717) is 26.2 Å². The summed E-state index contributed by atoms with van der Waals surface area (Å²) in [5.41, 5.74) is 5.10. The molecule has 6 heteroatoms. The molecule has 0 bridgehead atoms. The molecule has 1 fully saturated rings. The first kappa shape index (κ1) is 20.6. The van der Waals surface area contributed by atoms with Crippen molar-refractivity contribution < 1.29 is 14.3 Å². The molecule has 1 amide bonds. The van der Waals surface area contributed by atoms with Crippen LogP contribution in [0.25, 0.3) is 0 Å². The van der Waals surface area contributed by atoms with Crippen LogP contribution >= 0.6 is 12.4 Å². The quantitative estimate of drug-likeness (QED) is 0.636. The van der Waals surface area contributed by atoms with E-state index in [1.165, 1.54) is 0 Å². The Bertz CT molecular complexity index is 326. The van der Waals surface area contributed by atoms with Crippen LogP contribution in [-0.4, -0.2) is 43.9 Å². The highest BCUT2D eigenvalue weighted by atomic mass is 35.5. The molecule has 0 spiro atoms. The maximum Gasteiger partial charge on any atom is 0.240 e. The van der Waals surface area contributed by atoms with Gasteiger partial charge in [0.15, 0.2) is 0 Å². The van der Waals surface area contributed by atoms with Crippen LogP contribution in [0.4, 0.5) is 0 Å². The number of nitrogens with two attached hydrogens (primary N) is 1. The molecule has 1 aliphatic rings. The molecule has 5 nitrogen and oxygen atoms in total. The van der Waals surface area contributed by atoms with Crippen molar-refractivity contribution in [3.05, 3.63) is 0 Å². The smallest absolute Gasteiger partial charge is 0.240 e. The van der Waals surface area contributed by atoms with E-state index in [4.69, 9.17) is 15.2 Å². The molecule has 0 aromatic rings. The number of hydrogen-bond acceptors (Lipinski definition) is 4. The summed E-state index contributed by atoms with van der Waals surface area (Å²) >= 11 is 0. The fourth-order valence-corrected chi connectivity index (χ4v) is 2.56. The third-order valence-electron chi connectivity index (χ3n) is 4.41. The van der Waals surface area contributed by atoms with Crippen molar-refractivity contribution in [2.45, 2.75) is 58.6 Å². The van der Waals surface area contributed by atoms with Gasteiger partial charge in [-0.1, -0.05) is 27.2 Å². The lowest BCUT2D eigenvalue weighted by Crippen LogP contribution is -2.75. The third-order valence-corrected chi connectivity index (χ3v) is 4.41. The van der Waals surface area contributed by atoms with Gasteiger partial charge in [-0.3, -0.25) is 4.79 Å². The van der Waals surface area contributed by atoms with Gasteiger partial charge in [-0.2, -0.15) is 0 Å². The minimum absolute atomic E-state index is 0. The zero-order valence-corrected chi connectivity index (χ0v) is 14.6. The minimum atomic E-state index is -0.837. The van der Waals surface area contributed by atoms with Crippen LogP contribution in [0.1, 0.15) is 47.0 Å². The van der Waals surface area contributed by atoms with Crippen LogP contribution in [-0.2, 0) is 14.3 Å². The van der Waals surface area contributed by atoms with Crippen molar-refractivity contribution in [3.8, 4) is 0 Å². The van der Waals surface area contributed by atoms with E-state index in [9.17, 15) is 4.79 Å². The lowest BCUT2D eigenvalue weighted by atomic mass is 9.54. The van der Waals surface area contributed by atoms with Gasteiger partial charge in [0.1, 0.15) is 5.54 Å². The van der Waals surface area contributed by atoms with Crippen LogP contribution in [0.15, 0.2) is 0 Å². The standard InChI is InChI=1S/C15H30N2O3.ClH/c1-5-7-9-19-10-8-17-13(18)15(16)11-12(20-6-2)14(15,3)4;/h12H,5-11,16H2,1-4H3,(H,17,18);1H. The average molecular weight is 323 g/mol. The molecule has 1 rings (SSSR count). The van der Waals surface area contributed by atoms with E-state index in [1.807, 2.05) is 20.8 Å². The van der Waals surface area contributed by atoms with E-state index in [1.54, 1.807) is 0 Å². The Morgan fingerprint density at radius 1 is 1.33 bits per heavy atom. The summed E-state index contributed by atoms with van der Waals surface area (Å²) in [7, 11) is 0. The molecule has 3 N–H and O–H groups in total. The van der Waals surface area contributed by atoms with Crippen LogP contribution in [0.2, 0.25) is 0 Å². The second-order valence-electron chi connectivity index (χ2n) is 6.06. The summed E-state index contributed by atoms with van der Waals surface area (Å²) in [5.74, 6) is -0.0995. The number of ether oxygens (including phenoxy) is 2. The molecule has 0 aliphatic heterocycles. The Morgan fingerprint density at radius 2 is 2.00 bits per heavy atom. The molecule has 1 aliphatic carbocycles. The fourth-order valence-electron chi connectivity index (χ4n) is 2.56. The number of nitrogens with one attached hydrogen (secondary N) is 1. The molecule has 0 heterocycles. The van der Waals surface area contributed by atoms with E-state index >= 15 is 0 Å². The molecular formula is C15H31ClN2O3. The maximum atomic E-state index is 12.3. The number of rotatable bonds is 9. The normalized spacial score (nSPS) is 26.6. The third kappa shape index (κ3) is 4.55. The molecule has 126 valence electrons. The summed E-state index contributed by atoms with van der Waals surface area (Å²) < 4.78 is 11.0. The Labute approximate surface area is 134 Å². The molecule has 2 unspecified atom stereocenters. The van der Waals surface area contributed by atoms with Crippen molar-refractivity contribution >= 4 is 18.3 Å². The van der Waals surface area contributed by atoms with Crippen LogP contribution < -0.4 is 11.1 Å². The molecule has 2 atom stereocenters. The van der Waals surface area contributed by atoms with Crippen molar-refractivity contribution in [2.24, 2.45) is 11.1 Å². The van der Waals surface area contributed by atoms with E-state index < -0.39 is 5.54 Å². The highest BCUT2D eigenvalue weighted by molar-refractivity contribution is 5.88. The first-order chi connectivity index (χ1) is 9.40. The van der Waals surface area contributed by atoms with Crippen LogP contribution in [0.3, 0.4) is 0 Å². The lowest BCUT2D eigenvalue weighted by molar-refractivity contribution is -0.170. The zero-order chi connectivity index (χ0) is 15.2. The summed E-state index contributed by atoms with van der Waals surface area (Å²) in [5, 5.41) is 2.88. The lowest BCUT2D eigenvalue weighted by Gasteiger charge is -2.57. The van der Waals surface area contributed by atoms with E-state index in [-0.39, 0.29) is 29.8 Å². The van der Waals surface area contributed by atoms with Gasteiger partial charge in [-0.25, -0.2) is 0 Å². The largest absolute Gasteiger partial charge is 0.380 e. The van der Waals surface area contributed by atoms with Gasteiger partial charge in [0.25, 0.3) is 0 Å². The SMILES string of the molecule is CCCCOCCNC(=O)C1(N)CC(OCC)C1(C)C.Cl. The van der Waals surface area contributed by atoms with Gasteiger partial charge in [0, 0.05) is 31.6 Å². The van der Waals surface area contributed by atoms with Crippen molar-refractivity contribution in [3.63, 3.8) is 0 Å². The number of amides is 1. The molecule has 0 aromatic heterocycles. The second kappa shape index (κ2) is 8.93. The Kier molecular flexibility index (Phi) is 8.78. The van der Waals surface area contributed by atoms with Crippen molar-refractivity contribution in [1.82, 2.24) is 5.32 Å². The highest BCUT2D eigenvalue weighted by Crippen LogP contribution is 2.49. The summed E-state index contributed by atoms with van der Waals surface area (Å²) in [6, 6.07) is 0. The topological polar surface area (TPSA) is 73.6 Å².